The normalized spacial score (nSPS) is 10.6. The van der Waals surface area contributed by atoms with Gasteiger partial charge in [-0.15, -0.1) is 0 Å². The summed E-state index contributed by atoms with van der Waals surface area (Å²) in [7, 11) is 0. The summed E-state index contributed by atoms with van der Waals surface area (Å²) in [6.45, 7) is 1.78. The van der Waals surface area contributed by atoms with E-state index in [1.807, 2.05) is 0 Å². The van der Waals surface area contributed by atoms with Crippen molar-refractivity contribution in [1.82, 2.24) is 4.98 Å². The van der Waals surface area contributed by atoms with Crippen LogP contribution in [0, 0.1) is 18.6 Å². The standard InChI is InChI=1S/C12H9Cl2F2N3/c1-5-2-7(14)10(3-6(5)13)18-12-9(16)4-8(15)11(17)19-12/h2-4H,1H3,(H3,17,18,19). The van der Waals surface area contributed by atoms with Gasteiger partial charge in [0.2, 0.25) is 0 Å². The van der Waals surface area contributed by atoms with Crippen LogP contribution >= 0.6 is 23.2 Å². The summed E-state index contributed by atoms with van der Waals surface area (Å²) in [5.74, 6) is -2.42. The van der Waals surface area contributed by atoms with Crippen LogP contribution in [0.2, 0.25) is 10.0 Å². The number of aromatic nitrogens is 1. The number of nitrogen functional groups attached to an aromatic ring is 1. The van der Waals surface area contributed by atoms with E-state index in [2.05, 4.69) is 10.3 Å². The van der Waals surface area contributed by atoms with Crippen LogP contribution in [0.15, 0.2) is 18.2 Å². The van der Waals surface area contributed by atoms with Gasteiger partial charge in [-0.1, -0.05) is 23.2 Å². The van der Waals surface area contributed by atoms with Crippen molar-refractivity contribution in [3.63, 3.8) is 0 Å². The van der Waals surface area contributed by atoms with Crippen molar-refractivity contribution in [3.8, 4) is 0 Å². The molecule has 1 aromatic heterocycles. The van der Waals surface area contributed by atoms with Crippen LogP contribution in [0.5, 0.6) is 0 Å². The zero-order chi connectivity index (χ0) is 14.2. The van der Waals surface area contributed by atoms with E-state index in [-0.39, 0.29) is 5.82 Å². The molecule has 0 unspecified atom stereocenters. The molecule has 3 N–H and O–H groups in total. The number of anilines is 3. The fourth-order valence-corrected chi connectivity index (χ4v) is 1.87. The third kappa shape index (κ3) is 2.88. The second-order valence-corrected chi connectivity index (χ2v) is 4.71. The van der Waals surface area contributed by atoms with Gasteiger partial charge in [0.1, 0.15) is 0 Å². The van der Waals surface area contributed by atoms with E-state index in [0.717, 1.165) is 5.56 Å². The Balaban J connectivity index is 2.42. The Bertz CT molecular complexity index is 592. The molecule has 0 atom stereocenters. The van der Waals surface area contributed by atoms with E-state index in [9.17, 15) is 8.78 Å². The van der Waals surface area contributed by atoms with Gasteiger partial charge in [-0.2, -0.15) is 0 Å². The molecule has 0 fully saturated rings. The lowest BCUT2D eigenvalue weighted by Crippen LogP contribution is -2.03. The Morgan fingerprint density at radius 3 is 2.47 bits per heavy atom. The number of aryl methyl sites for hydroxylation is 1. The number of hydrogen-bond acceptors (Lipinski definition) is 3. The van der Waals surface area contributed by atoms with Crippen LogP contribution in [0.4, 0.5) is 26.1 Å². The van der Waals surface area contributed by atoms with Crippen molar-refractivity contribution in [2.45, 2.75) is 6.92 Å². The molecule has 0 bridgehead atoms. The largest absolute Gasteiger partial charge is 0.381 e. The number of pyridine rings is 1. The molecular formula is C12H9Cl2F2N3. The average Bonchev–Trinajstić information content (AvgIpc) is 2.32. The summed E-state index contributed by atoms with van der Waals surface area (Å²) in [4.78, 5) is 3.58. The number of nitrogens with zero attached hydrogens (tertiary/aromatic N) is 1. The predicted molar refractivity (Wildman–Crippen MR) is 73.0 cm³/mol. The zero-order valence-electron chi connectivity index (χ0n) is 9.77. The molecule has 0 aliphatic rings. The van der Waals surface area contributed by atoms with Gasteiger partial charge in [-0.05, 0) is 24.6 Å². The first-order valence-corrected chi connectivity index (χ1v) is 5.98. The van der Waals surface area contributed by atoms with E-state index in [1.54, 1.807) is 13.0 Å². The first kappa shape index (κ1) is 13.8. The number of nitrogens with two attached hydrogens (primary N) is 1. The highest BCUT2D eigenvalue weighted by Gasteiger charge is 2.12. The summed E-state index contributed by atoms with van der Waals surface area (Å²) in [5, 5.41) is 3.43. The lowest BCUT2D eigenvalue weighted by Gasteiger charge is -2.11. The van der Waals surface area contributed by atoms with Gasteiger partial charge in [0.15, 0.2) is 23.3 Å². The van der Waals surface area contributed by atoms with Gasteiger partial charge in [-0.3, -0.25) is 0 Å². The quantitative estimate of drug-likeness (QED) is 0.869. The fourth-order valence-electron chi connectivity index (χ4n) is 1.44. The summed E-state index contributed by atoms with van der Waals surface area (Å²) >= 11 is 11.9. The molecule has 0 amide bonds. The molecule has 0 aliphatic carbocycles. The zero-order valence-corrected chi connectivity index (χ0v) is 11.3. The molecule has 7 heteroatoms. The topological polar surface area (TPSA) is 50.9 Å². The number of halogens is 4. The summed E-state index contributed by atoms with van der Waals surface area (Å²) in [5.41, 5.74) is 6.42. The SMILES string of the molecule is Cc1cc(Cl)c(Nc2nc(N)c(F)cc2F)cc1Cl. The third-order valence-electron chi connectivity index (χ3n) is 2.46. The molecule has 0 radical (unpaired) electrons. The highest BCUT2D eigenvalue weighted by Crippen LogP contribution is 2.31. The van der Waals surface area contributed by atoms with Crippen molar-refractivity contribution in [1.29, 1.82) is 0 Å². The van der Waals surface area contributed by atoms with Crippen LogP contribution in [0.1, 0.15) is 5.56 Å². The van der Waals surface area contributed by atoms with E-state index < -0.39 is 17.5 Å². The minimum absolute atomic E-state index is 0.222. The van der Waals surface area contributed by atoms with Gasteiger partial charge < -0.3 is 11.1 Å². The molecule has 0 saturated carbocycles. The van der Waals surface area contributed by atoms with Gasteiger partial charge in [0.25, 0.3) is 0 Å². The highest BCUT2D eigenvalue weighted by atomic mass is 35.5. The first-order chi connectivity index (χ1) is 8.88. The van der Waals surface area contributed by atoms with Crippen LogP contribution in [0.25, 0.3) is 0 Å². The smallest absolute Gasteiger partial charge is 0.169 e. The maximum Gasteiger partial charge on any atom is 0.169 e. The summed E-state index contributed by atoms with van der Waals surface area (Å²) in [6, 6.07) is 3.80. The lowest BCUT2D eigenvalue weighted by molar-refractivity contribution is 0.581. The Hall–Kier alpha value is -1.59. The van der Waals surface area contributed by atoms with Crippen molar-refractivity contribution < 1.29 is 8.78 Å². The Morgan fingerprint density at radius 1 is 1.11 bits per heavy atom. The number of nitrogens with one attached hydrogen (secondary N) is 1. The van der Waals surface area contributed by atoms with Gasteiger partial charge >= 0.3 is 0 Å². The van der Waals surface area contributed by atoms with Gasteiger partial charge in [-0.25, -0.2) is 13.8 Å². The van der Waals surface area contributed by atoms with E-state index in [4.69, 9.17) is 28.9 Å². The van der Waals surface area contributed by atoms with E-state index in [1.165, 1.54) is 6.07 Å². The molecule has 0 aliphatic heterocycles. The maximum atomic E-state index is 13.5. The maximum absolute atomic E-state index is 13.5. The fraction of sp³-hybridized carbons (Fsp3) is 0.0833. The summed E-state index contributed by atoms with van der Waals surface area (Å²) in [6.07, 6.45) is 0. The van der Waals surface area contributed by atoms with Crippen molar-refractivity contribution in [2.75, 3.05) is 11.1 Å². The van der Waals surface area contributed by atoms with E-state index >= 15 is 0 Å². The number of benzene rings is 1. The second kappa shape index (κ2) is 5.19. The monoisotopic (exact) mass is 303 g/mol. The molecule has 0 spiro atoms. The van der Waals surface area contributed by atoms with E-state index in [0.29, 0.717) is 21.8 Å². The van der Waals surface area contributed by atoms with Crippen LogP contribution in [0.3, 0.4) is 0 Å². The number of hydrogen-bond donors (Lipinski definition) is 2. The van der Waals surface area contributed by atoms with Gasteiger partial charge in [0.05, 0.1) is 10.7 Å². The van der Waals surface area contributed by atoms with Gasteiger partial charge in [0, 0.05) is 11.1 Å². The minimum Gasteiger partial charge on any atom is -0.381 e. The van der Waals surface area contributed by atoms with Crippen LogP contribution in [-0.2, 0) is 0 Å². The predicted octanol–water partition coefficient (Wildman–Crippen LogP) is 4.30. The molecule has 1 heterocycles. The molecule has 1 aromatic carbocycles. The summed E-state index contributed by atoms with van der Waals surface area (Å²) < 4.78 is 26.5. The number of rotatable bonds is 2. The molecular weight excluding hydrogens is 295 g/mol. The average molecular weight is 304 g/mol. The Morgan fingerprint density at radius 2 is 1.79 bits per heavy atom. The molecule has 19 heavy (non-hydrogen) atoms. The van der Waals surface area contributed by atoms with Crippen LogP contribution in [-0.4, -0.2) is 4.98 Å². The molecule has 100 valence electrons. The third-order valence-corrected chi connectivity index (χ3v) is 3.18. The van der Waals surface area contributed by atoms with Crippen molar-refractivity contribution >= 4 is 40.5 Å². The van der Waals surface area contributed by atoms with Crippen molar-refractivity contribution in [3.05, 3.63) is 45.4 Å². The highest BCUT2D eigenvalue weighted by molar-refractivity contribution is 6.35. The first-order valence-electron chi connectivity index (χ1n) is 5.22. The van der Waals surface area contributed by atoms with Crippen LogP contribution < -0.4 is 11.1 Å². The Kier molecular flexibility index (Phi) is 3.78. The molecule has 2 aromatic rings. The lowest BCUT2D eigenvalue weighted by atomic mass is 10.2. The second-order valence-electron chi connectivity index (χ2n) is 3.89. The van der Waals surface area contributed by atoms with Crippen molar-refractivity contribution in [2.24, 2.45) is 0 Å². The molecule has 0 saturated heterocycles. The Labute approximate surface area is 118 Å². The minimum atomic E-state index is -0.920. The molecule has 3 nitrogen and oxygen atoms in total. The molecule has 2 rings (SSSR count).